The number of fused-ring (bicyclic) bond motifs is 3. The first-order valence-electron chi connectivity index (χ1n) is 11.4. The maximum absolute atomic E-state index is 12.8. The fraction of sp³-hybridized carbons (Fsp3) is 0.360. The van der Waals surface area contributed by atoms with E-state index in [9.17, 15) is 13.2 Å². The third-order valence-electron chi connectivity index (χ3n) is 6.16. The highest BCUT2D eigenvalue weighted by molar-refractivity contribution is 7.99. The summed E-state index contributed by atoms with van der Waals surface area (Å²) in [6.45, 7) is 3.72. The number of likely N-dealkylation sites (tertiary alicyclic amines) is 1. The molecule has 0 atom stereocenters. The molecule has 5 nitrogen and oxygen atoms in total. The monoisotopic (exact) mass is 485 g/mol. The Balaban J connectivity index is 1.50. The zero-order chi connectivity index (χ0) is 23.7. The Morgan fingerprint density at radius 1 is 0.912 bits per heavy atom. The Hall–Kier alpha value is -2.78. The number of halogens is 3. The van der Waals surface area contributed by atoms with Crippen molar-refractivity contribution < 1.29 is 13.2 Å². The van der Waals surface area contributed by atoms with Gasteiger partial charge >= 0.3 is 6.18 Å². The van der Waals surface area contributed by atoms with E-state index in [0.717, 1.165) is 53.4 Å². The second-order valence-electron chi connectivity index (χ2n) is 8.71. The number of para-hydroxylation sites is 1. The maximum Gasteiger partial charge on any atom is 0.389 e. The van der Waals surface area contributed by atoms with Gasteiger partial charge in [0, 0.05) is 17.7 Å². The van der Waals surface area contributed by atoms with Gasteiger partial charge in [0.2, 0.25) is 0 Å². The van der Waals surface area contributed by atoms with Gasteiger partial charge in [-0.25, -0.2) is 9.97 Å². The van der Waals surface area contributed by atoms with Crippen molar-refractivity contribution in [2.24, 2.45) is 0 Å². The van der Waals surface area contributed by atoms with Crippen molar-refractivity contribution in [1.82, 2.24) is 19.4 Å². The predicted octanol–water partition coefficient (Wildman–Crippen LogP) is 5.86. The van der Waals surface area contributed by atoms with E-state index in [1.807, 2.05) is 28.8 Å². The van der Waals surface area contributed by atoms with Crippen LogP contribution in [0, 0.1) is 0 Å². The van der Waals surface area contributed by atoms with E-state index in [0.29, 0.717) is 17.2 Å². The standard InChI is InChI=1S/C25H26F3N5S/c26-25(27,28)11-14-34-24-31-21-22(19-5-1-2-6-20(19)30-23(21)29)33(24)16-18-9-7-17(8-10-18)15-32-12-3-4-13-32/h1-2,5-10H,3-4,11-16H2,(H2,29,30). The van der Waals surface area contributed by atoms with E-state index in [4.69, 9.17) is 5.73 Å². The summed E-state index contributed by atoms with van der Waals surface area (Å²) in [5.41, 5.74) is 10.6. The number of imidazole rings is 1. The van der Waals surface area contributed by atoms with Gasteiger partial charge in [0.25, 0.3) is 0 Å². The van der Waals surface area contributed by atoms with Crippen molar-refractivity contribution in [3.05, 3.63) is 59.7 Å². The Morgan fingerprint density at radius 2 is 1.59 bits per heavy atom. The van der Waals surface area contributed by atoms with Crippen LogP contribution in [-0.4, -0.2) is 44.5 Å². The maximum atomic E-state index is 12.8. The summed E-state index contributed by atoms with van der Waals surface area (Å²) in [5, 5.41) is 1.40. The highest BCUT2D eigenvalue weighted by Crippen LogP contribution is 2.34. The summed E-state index contributed by atoms with van der Waals surface area (Å²) in [7, 11) is 0. The lowest BCUT2D eigenvalue weighted by molar-refractivity contribution is -0.129. The molecule has 1 saturated heterocycles. The van der Waals surface area contributed by atoms with Crippen molar-refractivity contribution in [3.8, 4) is 0 Å². The molecule has 0 unspecified atom stereocenters. The average Bonchev–Trinajstić information content (AvgIpc) is 3.43. The molecule has 178 valence electrons. The van der Waals surface area contributed by atoms with Gasteiger partial charge in [-0.1, -0.05) is 54.2 Å². The van der Waals surface area contributed by atoms with Gasteiger partial charge in [0.1, 0.15) is 5.52 Å². The molecular weight excluding hydrogens is 459 g/mol. The van der Waals surface area contributed by atoms with Crippen molar-refractivity contribution >= 4 is 39.5 Å². The minimum Gasteiger partial charge on any atom is -0.382 e. The summed E-state index contributed by atoms with van der Waals surface area (Å²) in [6.07, 6.45) is -2.57. The van der Waals surface area contributed by atoms with Crippen LogP contribution in [0.4, 0.5) is 19.0 Å². The zero-order valence-corrected chi connectivity index (χ0v) is 19.5. The zero-order valence-electron chi connectivity index (χ0n) is 18.7. The van der Waals surface area contributed by atoms with Crippen molar-refractivity contribution in [2.75, 3.05) is 24.6 Å². The van der Waals surface area contributed by atoms with E-state index in [1.54, 1.807) is 0 Å². The first kappa shape index (κ1) is 23.0. The number of aromatic nitrogens is 3. The molecule has 3 heterocycles. The fourth-order valence-corrected chi connectivity index (χ4v) is 5.47. The predicted molar refractivity (Wildman–Crippen MR) is 131 cm³/mol. The first-order valence-corrected chi connectivity index (χ1v) is 12.4. The smallest absolute Gasteiger partial charge is 0.382 e. The number of benzene rings is 2. The molecule has 4 aromatic rings. The second-order valence-corrected chi connectivity index (χ2v) is 9.77. The number of hydrogen-bond donors (Lipinski definition) is 1. The average molecular weight is 486 g/mol. The first-order chi connectivity index (χ1) is 16.4. The van der Waals surface area contributed by atoms with Crippen LogP contribution in [-0.2, 0) is 13.1 Å². The lowest BCUT2D eigenvalue weighted by Gasteiger charge is -2.15. The van der Waals surface area contributed by atoms with Crippen molar-refractivity contribution in [2.45, 2.75) is 43.7 Å². The van der Waals surface area contributed by atoms with Crippen molar-refractivity contribution in [1.29, 1.82) is 0 Å². The molecule has 0 radical (unpaired) electrons. The van der Waals surface area contributed by atoms with Crippen LogP contribution in [0.15, 0.2) is 53.7 Å². The van der Waals surface area contributed by atoms with Crippen LogP contribution in [0.3, 0.4) is 0 Å². The quantitative estimate of drug-likeness (QED) is 0.333. The Labute approximate surface area is 200 Å². The van der Waals surface area contributed by atoms with Gasteiger partial charge in [-0.2, -0.15) is 13.2 Å². The molecule has 1 aliphatic heterocycles. The Morgan fingerprint density at radius 3 is 2.29 bits per heavy atom. The van der Waals surface area contributed by atoms with E-state index >= 15 is 0 Å². The van der Waals surface area contributed by atoms with Gasteiger partial charge in [-0.15, -0.1) is 0 Å². The molecule has 1 aliphatic rings. The van der Waals surface area contributed by atoms with Gasteiger partial charge < -0.3 is 10.3 Å². The topological polar surface area (TPSA) is 60.0 Å². The minimum absolute atomic E-state index is 0.104. The summed E-state index contributed by atoms with van der Waals surface area (Å²) >= 11 is 1.10. The number of nitrogens with two attached hydrogens (primary N) is 1. The van der Waals surface area contributed by atoms with Crippen LogP contribution in [0.1, 0.15) is 30.4 Å². The Bertz CT molecular complexity index is 1290. The molecule has 1 fully saturated rings. The van der Waals surface area contributed by atoms with E-state index in [-0.39, 0.29) is 11.6 Å². The third kappa shape index (κ3) is 5.00. The van der Waals surface area contributed by atoms with Crippen LogP contribution < -0.4 is 5.73 Å². The van der Waals surface area contributed by atoms with E-state index in [2.05, 4.69) is 39.1 Å². The van der Waals surface area contributed by atoms with Gasteiger partial charge in [-0.05, 0) is 43.1 Å². The number of rotatable bonds is 7. The number of thioether (sulfide) groups is 1. The van der Waals surface area contributed by atoms with Gasteiger partial charge in [0.15, 0.2) is 11.0 Å². The van der Waals surface area contributed by atoms with Crippen LogP contribution >= 0.6 is 11.8 Å². The summed E-state index contributed by atoms with van der Waals surface area (Å²) < 4.78 is 40.4. The molecular formula is C25H26F3N5S. The number of nitrogen functional groups attached to an aromatic ring is 1. The summed E-state index contributed by atoms with van der Waals surface area (Å²) in [6, 6.07) is 16.1. The van der Waals surface area contributed by atoms with Crippen LogP contribution in [0.5, 0.6) is 0 Å². The SMILES string of the molecule is Nc1nc2ccccc2c2c1nc(SCCC(F)(F)F)n2Cc1ccc(CN2CCCC2)cc1. The van der Waals surface area contributed by atoms with Crippen LogP contribution in [0.25, 0.3) is 21.9 Å². The number of pyridine rings is 1. The molecule has 34 heavy (non-hydrogen) atoms. The summed E-state index contributed by atoms with van der Waals surface area (Å²) in [4.78, 5) is 11.5. The molecule has 2 aromatic carbocycles. The summed E-state index contributed by atoms with van der Waals surface area (Å²) in [5.74, 6) is 0.179. The normalized spacial score (nSPS) is 15.0. The van der Waals surface area contributed by atoms with Gasteiger partial charge in [0.05, 0.1) is 24.0 Å². The molecule has 0 aliphatic carbocycles. The largest absolute Gasteiger partial charge is 0.389 e. The van der Waals surface area contributed by atoms with Crippen LogP contribution in [0.2, 0.25) is 0 Å². The fourth-order valence-electron chi connectivity index (χ4n) is 4.48. The van der Waals surface area contributed by atoms with E-state index < -0.39 is 12.6 Å². The number of anilines is 1. The highest BCUT2D eigenvalue weighted by Gasteiger charge is 2.27. The third-order valence-corrected chi connectivity index (χ3v) is 7.14. The number of alkyl halides is 3. The second kappa shape index (κ2) is 9.46. The number of nitrogens with zero attached hydrogens (tertiary/aromatic N) is 4. The molecule has 0 bridgehead atoms. The van der Waals surface area contributed by atoms with Crippen molar-refractivity contribution in [3.63, 3.8) is 0 Å². The lowest BCUT2D eigenvalue weighted by atomic mass is 10.1. The molecule has 0 saturated carbocycles. The highest BCUT2D eigenvalue weighted by atomic mass is 32.2. The molecule has 0 amide bonds. The molecule has 9 heteroatoms. The molecule has 5 rings (SSSR count). The minimum atomic E-state index is -4.21. The molecule has 2 N–H and O–H groups in total. The lowest BCUT2D eigenvalue weighted by Crippen LogP contribution is -2.18. The molecule has 0 spiro atoms. The van der Waals surface area contributed by atoms with E-state index in [1.165, 1.54) is 18.4 Å². The molecule has 2 aromatic heterocycles. The number of hydrogen-bond acceptors (Lipinski definition) is 5. The van der Waals surface area contributed by atoms with Gasteiger partial charge in [-0.3, -0.25) is 4.90 Å². The Kier molecular flexibility index (Phi) is 6.40.